The molecule has 152 valence electrons. The lowest BCUT2D eigenvalue weighted by molar-refractivity contribution is 0.122. The first-order valence-electron chi connectivity index (χ1n) is 9.88. The molecule has 30 heavy (non-hydrogen) atoms. The van der Waals surface area contributed by atoms with Crippen molar-refractivity contribution in [3.05, 3.63) is 60.9 Å². The quantitative estimate of drug-likeness (QED) is 0.495. The lowest BCUT2D eigenvalue weighted by Gasteiger charge is -2.28. The predicted molar refractivity (Wildman–Crippen MR) is 122 cm³/mol. The number of hydrogen-bond acceptors (Lipinski definition) is 7. The van der Waals surface area contributed by atoms with Gasteiger partial charge in [-0.25, -0.2) is 4.98 Å². The molecule has 0 atom stereocenters. The zero-order chi connectivity index (χ0) is 20.3. The van der Waals surface area contributed by atoms with Gasteiger partial charge in [-0.05, 0) is 48.0 Å². The van der Waals surface area contributed by atoms with E-state index < -0.39 is 0 Å². The van der Waals surface area contributed by atoms with Crippen LogP contribution in [-0.4, -0.2) is 43.4 Å². The van der Waals surface area contributed by atoms with Gasteiger partial charge in [0.2, 0.25) is 0 Å². The normalized spacial score (nSPS) is 14.1. The van der Waals surface area contributed by atoms with E-state index in [0.717, 1.165) is 64.2 Å². The highest BCUT2D eigenvalue weighted by molar-refractivity contribution is 7.22. The number of fused-ring (bicyclic) bond motifs is 1. The summed E-state index contributed by atoms with van der Waals surface area (Å²) in [6.45, 7) is 3.46. The van der Waals surface area contributed by atoms with Crippen LogP contribution in [0.25, 0.3) is 21.3 Å². The highest BCUT2D eigenvalue weighted by Gasteiger charge is 2.11. The van der Waals surface area contributed by atoms with Gasteiger partial charge in [0.1, 0.15) is 5.75 Å². The molecule has 1 aliphatic rings. The molecule has 1 aliphatic heterocycles. The van der Waals surface area contributed by atoms with E-state index in [1.54, 1.807) is 24.6 Å². The molecule has 0 bridgehead atoms. The number of nitrogens with zero attached hydrogens (tertiary/aromatic N) is 3. The van der Waals surface area contributed by atoms with Crippen LogP contribution in [0.4, 0.5) is 16.5 Å². The van der Waals surface area contributed by atoms with Crippen molar-refractivity contribution in [1.29, 1.82) is 0 Å². The summed E-state index contributed by atoms with van der Waals surface area (Å²) in [5, 5.41) is 4.31. The summed E-state index contributed by atoms with van der Waals surface area (Å²) in [6, 6.07) is 16.8. The largest absolute Gasteiger partial charge is 0.495 e. The van der Waals surface area contributed by atoms with Crippen LogP contribution in [0.5, 0.6) is 5.75 Å². The van der Waals surface area contributed by atoms with Crippen molar-refractivity contribution < 1.29 is 9.47 Å². The molecule has 0 amide bonds. The van der Waals surface area contributed by atoms with Gasteiger partial charge in [0.05, 0.1) is 36.7 Å². The molecule has 3 heterocycles. The van der Waals surface area contributed by atoms with Crippen LogP contribution in [-0.2, 0) is 4.74 Å². The Morgan fingerprint density at radius 3 is 2.63 bits per heavy atom. The van der Waals surface area contributed by atoms with Crippen LogP contribution in [0.15, 0.2) is 60.9 Å². The first-order chi connectivity index (χ1) is 14.8. The first-order valence-corrected chi connectivity index (χ1v) is 10.7. The topological polar surface area (TPSA) is 59.5 Å². The minimum atomic E-state index is 0.750. The molecule has 0 aliphatic carbocycles. The number of hydrogen-bond donors (Lipinski definition) is 1. The number of morpholine rings is 1. The Balaban J connectivity index is 1.35. The molecule has 1 fully saturated rings. The second kappa shape index (κ2) is 8.30. The summed E-state index contributed by atoms with van der Waals surface area (Å²) in [4.78, 5) is 11.3. The summed E-state index contributed by atoms with van der Waals surface area (Å²) in [5.41, 5.74) is 5.36. The van der Waals surface area contributed by atoms with Gasteiger partial charge in [0.25, 0.3) is 0 Å². The van der Waals surface area contributed by atoms with Crippen molar-refractivity contribution in [3.63, 3.8) is 0 Å². The minimum Gasteiger partial charge on any atom is -0.495 e. The van der Waals surface area contributed by atoms with Crippen LogP contribution < -0.4 is 15.0 Å². The van der Waals surface area contributed by atoms with E-state index in [1.165, 1.54) is 5.69 Å². The predicted octanol–water partition coefficient (Wildman–Crippen LogP) is 4.95. The molecule has 1 N–H and O–H groups in total. The Kier molecular flexibility index (Phi) is 5.21. The van der Waals surface area contributed by atoms with E-state index in [-0.39, 0.29) is 0 Å². The van der Waals surface area contributed by atoms with E-state index in [1.807, 2.05) is 18.3 Å². The number of anilines is 3. The van der Waals surface area contributed by atoms with Crippen LogP contribution in [0, 0.1) is 0 Å². The first kappa shape index (κ1) is 18.8. The number of thiazole rings is 1. The van der Waals surface area contributed by atoms with Crippen molar-refractivity contribution in [2.45, 2.75) is 0 Å². The smallest absolute Gasteiger partial charge is 0.188 e. The summed E-state index contributed by atoms with van der Waals surface area (Å²) in [5.74, 6) is 0.750. The van der Waals surface area contributed by atoms with Gasteiger partial charge in [0.15, 0.2) is 5.13 Å². The van der Waals surface area contributed by atoms with Gasteiger partial charge in [-0.3, -0.25) is 4.98 Å². The van der Waals surface area contributed by atoms with Crippen LogP contribution in [0.1, 0.15) is 0 Å². The van der Waals surface area contributed by atoms with E-state index in [4.69, 9.17) is 14.5 Å². The molecule has 0 unspecified atom stereocenters. The Hall–Kier alpha value is -3.16. The van der Waals surface area contributed by atoms with Gasteiger partial charge in [0, 0.05) is 36.2 Å². The molecule has 2 aromatic carbocycles. The molecule has 5 rings (SSSR count). The maximum absolute atomic E-state index is 5.43. The SMILES string of the molecule is COc1cncc(-c2ccc3nc(Nc4ccc(N5CCOCC5)cc4)sc3c2)c1. The van der Waals surface area contributed by atoms with Crippen LogP contribution in [0.3, 0.4) is 0 Å². The Bertz CT molecular complexity index is 1150. The average molecular weight is 419 g/mol. The Morgan fingerprint density at radius 1 is 1.00 bits per heavy atom. The summed E-state index contributed by atoms with van der Waals surface area (Å²) in [7, 11) is 1.65. The second-order valence-corrected chi connectivity index (χ2v) is 8.12. The standard InChI is InChI=1S/C23H22N4O2S/c1-28-20-12-17(14-24-15-20)16-2-7-21-22(13-16)30-23(26-21)25-18-3-5-19(6-4-18)27-8-10-29-11-9-27/h2-7,12-15H,8-11H2,1H3,(H,25,26). The van der Waals surface area contributed by atoms with E-state index in [0.29, 0.717) is 0 Å². The number of pyridine rings is 1. The number of nitrogens with one attached hydrogen (secondary N) is 1. The van der Waals surface area contributed by atoms with Gasteiger partial charge in [-0.15, -0.1) is 0 Å². The van der Waals surface area contributed by atoms with Crippen molar-refractivity contribution in [1.82, 2.24) is 9.97 Å². The van der Waals surface area contributed by atoms with E-state index >= 15 is 0 Å². The van der Waals surface area contributed by atoms with Crippen LogP contribution in [0.2, 0.25) is 0 Å². The van der Waals surface area contributed by atoms with Gasteiger partial charge in [-0.1, -0.05) is 17.4 Å². The van der Waals surface area contributed by atoms with Gasteiger partial charge >= 0.3 is 0 Å². The fourth-order valence-corrected chi connectivity index (χ4v) is 4.47. The van der Waals surface area contributed by atoms with E-state index in [2.05, 4.69) is 51.6 Å². The monoisotopic (exact) mass is 418 g/mol. The Morgan fingerprint density at radius 2 is 1.83 bits per heavy atom. The molecule has 0 saturated carbocycles. The van der Waals surface area contributed by atoms with Gasteiger partial charge < -0.3 is 19.7 Å². The van der Waals surface area contributed by atoms with E-state index in [9.17, 15) is 0 Å². The summed E-state index contributed by atoms with van der Waals surface area (Å²) < 4.78 is 11.8. The third-order valence-corrected chi connectivity index (χ3v) is 6.10. The van der Waals surface area contributed by atoms with Crippen LogP contribution >= 0.6 is 11.3 Å². The van der Waals surface area contributed by atoms with Crippen molar-refractivity contribution in [2.24, 2.45) is 0 Å². The fourth-order valence-electron chi connectivity index (χ4n) is 3.55. The lowest BCUT2D eigenvalue weighted by atomic mass is 10.1. The zero-order valence-corrected chi connectivity index (χ0v) is 17.5. The number of rotatable bonds is 5. The third-order valence-electron chi connectivity index (χ3n) is 5.17. The maximum Gasteiger partial charge on any atom is 0.188 e. The number of ether oxygens (including phenoxy) is 2. The second-order valence-electron chi connectivity index (χ2n) is 7.09. The highest BCUT2D eigenvalue weighted by atomic mass is 32.1. The van der Waals surface area contributed by atoms with Crippen molar-refractivity contribution >= 4 is 38.1 Å². The average Bonchev–Trinajstić information content (AvgIpc) is 3.21. The maximum atomic E-state index is 5.43. The minimum absolute atomic E-state index is 0.750. The number of benzene rings is 2. The lowest BCUT2D eigenvalue weighted by Crippen LogP contribution is -2.36. The van der Waals surface area contributed by atoms with Crippen molar-refractivity contribution in [3.8, 4) is 16.9 Å². The summed E-state index contributed by atoms with van der Waals surface area (Å²) in [6.07, 6.45) is 3.56. The van der Waals surface area contributed by atoms with Crippen molar-refractivity contribution in [2.75, 3.05) is 43.6 Å². The molecule has 2 aromatic heterocycles. The molecule has 0 spiro atoms. The fraction of sp³-hybridized carbons (Fsp3) is 0.217. The molecule has 1 saturated heterocycles. The number of methoxy groups -OCH3 is 1. The molecular weight excluding hydrogens is 396 g/mol. The molecular formula is C23H22N4O2S. The van der Waals surface area contributed by atoms with Gasteiger partial charge in [-0.2, -0.15) is 0 Å². The molecule has 6 nitrogen and oxygen atoms in total. The molecule has 4 aromatic rings. The molecule has 7 heteroatoms. The zero-order valence-electron chi connectivity index (χ0n) is 16.7. The summed E-state index contributed by atoms with van der Waals surface area (Å²) >= 11 is 1.64. The Labute approximate surface area is 179 Å². The number of aromatic nitrogens is 2. The third kappa shape index (κ3) is 3.94. The highest BCUT2D eigenvalue weighted by Crippen LogP contribution is 2.33. The molecule has 0 radical (unpaired) electrons.